The van der Waals surface area contributed by atoms with E-state index in [1.807, 2.05) is 0 Å². The van der Waals surface area contributed by atoms with Crippen molar-refractivity contribution in [3.05, 3.63) is 24.0 Å². The minimum Gasteiger partial charge on any atom is -0.481 e. The van der Waals surface area contributed by atoms with Crippen LogP contribution < -0.4 is 15.2 Å². The number of halogens is 1. The predicted molar refractivity (Wildman–Crippen MR) is 65.1 cm³/mol. The van der Waals surface area contributed by atoms with Crippen molar-refractivity contribution in [3.63, 3.8) is 0 Å². The van der Waals surface area contributed by atoms with E-state index < -0.39 is 28.4 Å². The zero-order valence-corrected chi connectivity index (χ0v) is 10.5. The van der Waals surface area contributed by atoms with E-state index in [2.05, 4.69) is 11.2 Å². The van der Waals surface area contributed by atoms with Crippen LogP contribution >= 0.6 is 0 Å². The fourth-order valence-corrected chi connectivity index (χ4v) is 1.64. The Bertz CT molecular complexity index is 622. The van der Waals surface area contributed by atoms with E-state index in [0.717, 1.165) is 12.1 Å². The number of ether oxygens (including phenoxy) is 1. The van der Waals surface area contributed by atoms with Gasteiger partial charge < -0.3 is 10.1 Å². The Labute approximate surface area is 109 Å². The lowest BCUT2D eigenvalue weighted by molar-refractivity contribution is -0.122. The predicted octanol–water partition coefficient (Wildman–Crippen LogP) is -0.399. The first kappa shape index (κ1) is 14.9. The first-order chi connectivity index (χ1) is 8.84. The maximum absolute atomic E-state index is 13.5. The second kappa shape index (κ2) is 6.17. The van der Waals surface area contributed by atoms with Gasteiger partial charge in [-0.3, -0.25) is 4.79 Å². The van der Waals surface area contributed by atoms with Crippen molar-refractivity contribution in [3.8, 4) is 18.1 Å². The molecule has 3 N–H and O–H groups in total. The van der Waals surface area contributed by atoms with Gasteiger partial charge in [0, 0.05) is 0 Å². The molecule has 0 aromatic heterocycles. The van der Waals surface area contributed by atoms with Crippen LogP contribution in [0.2, 0.25) is 0 Å². The number of amides is 1. The molecule has 1 aromatic carbocycles. The maximum atomic E-state index is 13.5. The summed E-state index contributed by atoms with van der Waals surface area (Å²) >= 11 is 0. The summed E-state index contributed by atoms with van der Waals surface area (Å²) in [5.41, 5.74) is 0. The molecule has 0 aliphatic heterocycles. The second-order valence-corrected chi connectivity index (χ2v) is 4.97. The molecule has 0 aliphatic carbocycles. The summed E-state index contributed by atoms with van der Waals surface area (Å²) in [6.07, 6.45) is 4.93. The molecule has 0 spiro atoms. The first-order valence-corrected chi connectivity index (χ1v) is 6.54. The third-order valence-corrected chi connectivity index (χ3v) is 2.89. The number of primary sulfonamides is 1. The molecule has 1 aromatic rings. The summed E-state index contributed by atoms with van der Waals surface area (Å²) in [7, 11) is -3.98. The lowest BCUT2D eigenvalue weighted by Gasteiger charge is -2.07. The number of carbonyl (C=O) groups excluding carboxylic acids is 1. The Hall–Kier alpha value is -2.11. The number of hydrogen-bond acceptors (Lipinski definition) is 4. The van der Waals surface area contributed by atoms with Gasteiger partial charge in [-0.25, -0.2) is 17.9 Å². The average Bonchev–Trinajstić information content (AvgIpc) is 2.33. The summed E-state index contributed by atoms with van der Waals surface area (Å²) in [5.74, 6) is 0.475. The molecule has 0 atom stereocenters. The first-order valence-electron chi connectivity index (χ1n) is 5.00. The molecular weight excluding hydrogens is 275 g/mol. The minimum absolute atomic E-state index is 0.0367. The van der Waals surface area contributed by atoms with Crippen molar-refractivity contribution in [2.24, 2.45) is 5.14 Å². The molecule has 0 aliphatic rings. The van der Waals surface area contributed by atoms with Crippen molar-refractivity contribution in [1.82, 2.24) is 5.32 Å². The van der Waals surface area contributed by atoms with Gasteiger partial charge in [-0.15, -0.1) is 6.42 Å². The highest BCUT2D eigenvalue weighted by molar-refractivity contribution is 7.89. The fourth-order valence-electron chi connectivity index (χ4n) is 1.12. The number of nitrogens with two attached hydrogens (primary N) is 1. The van der Waals surface area contributed by atoms with Gasteiger partial charge in [0.1, 0.15) is 0 Å². The van der Waals surface area contributed by atoms with Gasteiger partial charge in [-0.05, 0) is 18.2 Å². The molecule has 0 radical (unpaired) electrons. The van der Waals surface area contributed by atoms with E-state index in [0.29, 0.717) is 6.07 Å². The Balaban J connectivity index is 2.71. The number of hydrogen-bond donors (Lipinski definition) is 2. The third kappa shape index (κ3) is 4.57. The molecule has 8 heteroatoms. The Morgan fingerprint density at radius 1 is 1.53 bits per heavy atom. The third-order valence-electron chi connectivity index (χ3n) is 1.98. The van der Waals surface area contributed by atoms with Crippen molar-refractivity contribution in [2.45, 2.75) is 4.90 Å². The Kier molecular flexibility index (Phi) is 4.86. The van der Waals surface area contributed by atoms with Crippen LogP contribution in [-0.4, -0.2) is 27.5 Å². The van der Waals surface area contributed by atoms with E-state index in [9.17, 15) is 17.6 Å². The molecule has 1 amide bonds. The van der Waals surface area contributed by atoms with Crippen molar-refractivity contribution < 1.29 is 22.3 Å². The van der Waals surface area contributed by atoms with Gasteiger partial charge in [0.25, 0.3) is 5.91 Å². The van der Waals surface area contributed by atoms with E-state index in [-0.39, 0.29) is 17.2 Å². The number of nitrogens with one attached hydrogen (secondary N) is 1. The van der Waals surface area contributed by atoms with Crippen LogP contribution in [0.4, 0.5) is 4.39 Å². The Morgan fingerprint density at radius 3 is 2.74 bits per heavy atom. The number of carbonyl (C=O) groups is 1. The molecule has 0 fully saturated rings. The largest absolute Gasteiger partial charge is 0.481 e. The molecule has 6 nitrogen and oxygen atoms in total. The fraction of sp³-hybridized carbons (Fsp3) is 0.182. The molecule has 0 unspecified atom stereocenters. The number of terminal acetylenes is 1. The van der Waals surface area contributed by atoms with Gasteiger partial charge in [0.2, 0.25) is 10.0 Å². The maximum Gasteiger partial charge on any atom is 0.258 e. The standard InChI is InChI=1S/C11H11FN2O4S/c1-2-5-14-11(15)7-18-10-4-3-8(6-9(10)12)19(13,16)17/h1,3-4,6H,5,7H2,(H,14,15)(H2,13,16,17). The number of sulfonamides is 1. The summed E-state index contributed by atoms with van der Waals surface area (Å²) in [4.78, 5) is 10.8. The number of rotatable bonds is 5. The topological polar surface area (TPSA) is 98.5 Å². The lowest BCUT2D eigenvalue weighted by atomic mass is 10.3. The van der Waals surface area contributed by atoms with Crippen LogP contribution in [0, 0.1) is 18.2 Å². The zero-order chi connectivity index (χ0) is 14.5. The SMILES string of the molecule is C#CCNC(=O)COc1ccc(S(N)(=O)=O)cc1F. The van der Waals surface area contributed by atoms with E-state index in [1.165, 1.54) is 0 Å². The number of benzene rings is 1. The molecule has 0 saturated heterocycles. The highest BCUT2D eigenvalue weighted by Gasteiger charge is 2.13. The summed E-state index contributed by atoms with van der Waals surface area (Å²) in [5, 5.41) is 7.15. The van der Waals surface area contributed by atoms with Crippen molar-refractivity contribution >= 4 is 15.9 Å². The van der Waals surface area contributed by atoms with Crippen LogP contribution in [0.3, 0.4) is 0 Å². The summed E-state index contributed by atoms with van der Waals surface area (Å²) in [6, 6.07) is 2.86. The Morgan fingerprint density at radius 2 is 2.21 bits per heavy atom. The summed E-state index contributed by atoms with van der Waals surface area (Å²) in [6.45, 7) is -0.400. The van der Waals surface area contributed by atoms with E-state index >= 15 is 0 Å². The quantitative estimate of drug-likeness (QED) is 0.720. The minimum atomic E-state index is -3.98. The normalized spacial score (nSPS) is 10.6. The highest BCUT2D eigenvalue weighted by atomic mass is 32.2. The van der Waals surface area contributed by atoms with Crippen LogP contribution in [0.5, 0.6) is 5.75 Å². The molecule has 0 heterocycles. The van der Waals surface area contributed by atoms with Crippen molar-refractivity contribution in [1.29, 1.82) is 0 Å². The van der Waals surface area contributed by atoms with Crippen LogP contribution in [-0.2, 0) is 14.8 Å². The zero-order valence-electron chi connectivity index (χ0n) is 9.72. The van der Waals surface area contributed by atoms with Crippen molar-refractivity contribution in [2.75, 3.05) is 13.2 Å². The molecule has 19 heavy (non-hydrogen) atoms. The molecule has 0 bridgehead atoms. The second-order valence-electron chi connectivity index (χ2n) is 3.41. The van der Waals surface area contributed by atoms with Gasteiger partial charge in [0.15, 0.2) is 18.2 Å². The van der Waals surface area contributed by atoms with E-state index in [1.54, 1.807) is 0 Å². The summed E-state index contributed by atoms with van der Waals surface area (Å²) < 4.78 is 40.3. The van der Waals surface area contributed by atoms with Gasteiger partial charge in [-0.1, -0.05) is 5.92 Å². The van der Waals surface area contributed by atoms with Gasteiger partial charge in [-0.2, -0.15) is 0 Å². The van der Waals surface area contributed by atoms with Crippen LogP contribution in [0.25, 0.3) is 0 Å². The average molecular weight is 286 g/mol. The lowest BCUT2D eigenvalue weighted by Crippen LogP contribution is -2.29. The highest BCUT2D eigenvalue weighted by Crippen LogP contribution is 2.20. The molecule has 0 saturated carbocycles. The van der Waals surface area contributed by atoms with Gasteiger partial charge in [0.05, 0.1) is 11.4 Å². The van der Waals surface area contributed by atoms with E-state index in [4.69, 9.17) is 16.3 Å². The smallest absolute Gasteiger partial charge is 0.258 e. The monoisotopic (exact) mass is 286 g/mol. The molecule has 1 rings (SSSR count). The van der Waals surface area contributed by atoms with Gasteiger partial charge >= 0.3 is 0 Å². The van der Waals surface area contributed by atoms with Crippen LogP contribution in [0.15, 0.2) is 23.1 Å². The molecular formula is C11H11FN2O4S. The molecule has 102 valence electrons. The van der Waals surface area contributed by atoms with Crippen LogP contribution in [0.1, 0.15) is 0 Å².